The lowest BCUT2D eigenvalue weighted by Crippen LogP contribution is -2.02. The molecule has 0 aliphatic rings. The van der Waals surface area contributed by atoms with Crippen molar-refractivity contribution in [2.45, 2.75) is 6.54 Å². The van der Waals surface area contributed by atoms with Crippen molar-refractivity contribution in [1.82, 2.24) is 9.78 Å². The second kappa shape index (κ2) is 5.97. The molecule has 0 saturated carbocycles. The summed E-state index contributed by atoms with van der Waals surface area (Å²) in [6.07, 6.45) is 3.62. The van der Waals surface area contributed by atoms with E-state index in [0.717, 1.165) is 16.9 Å². The minimum absolute atomic E-state index is 0.329. The molecule has 0 fully saturated rings. The summed E-state index contributed by atoms with van der Waals surface area (Å²) in [5, 5.41) is 7.89. The van der Waals surface area contributed by atoms with Crippen molar-refractivity contribution in [3.63, 3.8) is 0 Å². The fourth-order valence-corrected chi connectivity index (χ4v) is 2.28. The van der Waals surface area contributed by atoms with Crippen LogP contribution in [0, 0.1) is 5.82 Å². The molecular formula is C16H13ClFN3. The molecule has 0 amide bonds. The van der Waals surface area contributed by atoms with Gasteiger partial charge < -0.3 is 5.32 Å². The second-order valence-corrected chi connectivity index (χ2v) is 5.00. The molecular weight excluding hydrogens is 289 g/mol. The lowest BCUT2D eigenvalue weighted by molar-refractivity contribution is 0.627. The summed E-state index contributed by atoms with van der Waals surface area (Å²) in [5.74, 6) is -0.329. The Kier molecular flexibility index (Phi) is 3.88. The van der Waals surface area contributed by atoms with Gasteiger partial charge in [0.25, 0.3) is 0 Å². The van der Waals surface area contributed by atoms with Gasteiger partial charge in [0.2, 0.25) is 0 Å². The monoisotopic (exact) mass is 301 g/mol. The molecule has 0 spiro atoms. The highest BCUT2D eigenvalue weighted by molar-refractivity contribution is 6.31. The Morgan fingerprint density at radius 1 is 1.14 bits per heavy atom. The third-order valence-electron chi connectivity index (χ3n) is 3.11. The number of aromatic nitrogens is 2. The highest BCUT2D eigenvalue weighted by Gasteiger charge is 2.03. The third-order valence-corrected chi connectivity index (χ3v) is 3.47. The SMILES string of the molecule is Fc1ccc(CNc2cccc(-n3cccn3)c2)c(Cl)c1. The van der Waals surface area contributed by atoms with Crippen molar-refractivity contribution in [3.05, 3.63) is 77.3 Å². The van der Waals surface area contributed by atoms with Crippen molar-refractivity contribution in [2.24, 2.45) is 0 Å². The molecule has 0 saturated heterocycles. The minimum atomic E-state index is -0.329. The van der Waals surface area contributed by atoms with Gasteiger partial charge in [-0.05, 0) is 42.0 Å². The first kappa shape index (κ1) is 13.6. The number of nitrogens with zero attached hydrogens (tertiary/aromatic N) is 2. The molecule has 0 bridgehead atoms. The predicted molar refractivity (Wildman–Crippen MR) is 82.3 cm³/mol. The fraction of sp³-hybridized carbons (Fsp3) is 0.0625. The van der Waals surface area contributed by atoms with Gasteiger partial charge in [0.1, 0.15) is 5.82 Å². The molecule has 1 heterocycles. The Bertz CT molecular complexity index is 741. The maximum atomic E-state index is 13.0. The van der Waals surface area contributed by atoms with E-state index in [9.17, 15) is 4.39 Å². The average molecular weight is 302 g/mol. The van der Waals surface area contributed by atoms with Gasteiger partial charge in [-0.1, -0.05) is 23.7 Å². The van der Waals surface area contributed by atoms with Crippen molar-refractivity contribution in [3.8, 4) is 5.69 Å². The van der Waals surface area contributed by atoms with Crippen molar-refractivity contribution in [2.75, 3.05) is 5.32 Å². The van der Waals surface area contributed by atoms with Crippen LogP contribution in [0.25, 0.3) is 5.69 Å². The van der Waals surface area contributed by atoms with E-state index in [2.05, 4.69) is 10.4 Å². The standard InChI is InChI=1S/C16H13ClFN3/c17-16-9-13(18)6-5-12(16)11-19-14-3-1-4-15(10-14)21-8-2-7-20-21/h1-10,19H,11H2. The normalized spacial score (nSPS) is 10.6. The molecule has 1 N–H and O–H groups in total. The highest BCUT2D eigenvalue weighted by Crippen LogP contribution is 2.20. The number of anilines is 1. The number of nitrogens with one attached hydrogen (secondary N) is 1. The Morgan fingerprint density at radius 3 is 2.81 bits per heavy atom. The molecule has 2 aromatic carbocycles. The maximum absolute atomic E-state index is 13.0. The van der Waals surface area contributed by atoms with Crippen LogP contribution < -0.4 is 5.32 Å². The summed E-state index contributed by atoms with van der Waals surface area (Å²) in [6, 6.07) is 14.2. The number of rotatable bonds is 4. The highest BCUT2D eigenvalue weighted by atomic mass is 35.5. The van der Waals surface area contributed by atoms with Gasteiger partial charge in [0.15, 0.2) is 0 Å². The van der Waals surface area contributed by atoms with Crippen molar-refractivity contribution in [1.29, 1.82) is 0 Å². The zero-order valence-corrected chi connectivity index (χ0v) is 11.9. The van der Waals surface area contributed by atoms with Crippen LogP contribution in [0.5, 0.6) is 0 Å². The lowest BCUT2D eigenvalue weighted by Gasteiger charge is -2.10. The van der Waals surface area contributed by atoms with Crippen molar-refractivity contribution >= 4 is 17.3 Å². The van der Waals surface area contributed by atoms with Gasteiger partial charge in [0, 0.05) is 29.6 Å². The molecule has 0 aliphatic heterocycles. The second-order valence-electron chi connectivity index (χ2n) is 4.59. The van der Waals surface area contributed by atoms with Gasteiger partial charge in [0.05, 0.1) is 5.69 Å². The van der Waals surface area contributed by atoms with E-state index in [1.165, 1.54) is 12.1 Å². The maximum Gasteiger partial charge on any atom is 0.124 e. The Morgan fingerprint density at radius 2 is 2.05 bits per heavy atom. The van der Waals surface area contributed by atoms with Crippen LogP contribution in [-0.4, -0.2) is 9.78 Å². The quantitative estimate of drug-likeness (QED) is 0.779. The summed E-state index contributed by atoms with van der Waals surface area (Å²) in [6.45, 7) is 0.529. The average Bonchev–Trinajstić information content (AvgIpc) is 3.01. The van der Waals surface area contributed by atoms with Crippen LogP contribution in [0.1, 0.15) is 5.56 Å². The summed E-state index contributed by atoms with van der Waals surface area (Å²) in [4.78, 5) is 0. The van der Waals surface area contributed by atoms with Gasteiger partial charge >= 0.3 is 0 Å². The summed E-state index contributed by atoms with van der Waals surface area (Å²) >= 11 is 6.01. The largest absolute Gasteiger partial charge is 0.381 e. The van der Waals surface area contributed by atoms with Crippen LogP contribution in [0.15, 0.2) is 60.9 Å². The molecule has 0 atom stereocenters. The predicted octanol–water partition coefficient (Wildman–Crippen LogP) is 4.28. The molecule has 21 heavy (non-hydrogen) atoms. The molecule has 106 valence electrons. The summed E-state index contributed by atoms with van der Waals surface area (Å²) in [5.41, 5.74) is 2.76. The van der Waals surface area contributed by atoms with Gasteiger partial charge in [-0.2, -0.15) is 5.10 Å². The third kappa shape index (κ3) is 3.23. The van der Waals surface area contributed by atoms with Gasteiger partial charge in [-0.25, -0.2) is 9.07 Å². The first-order valence-electron chi connectivity index (χ1n) is 6.50. The van der Waals surface area contributed by atoms with E-state index in [1.807, 2.05) is 36.5 Å². The summed E-state index contributed by atoms with van der Waals surface area (Å²) < 4.78 is 14.8. The first-order chi connectivity index (χ1) is 10.2. The first-order valence-corrected chi connectivity index (χ1v) is 6.88. The Labute approximate surface area is 127 Å². The molecule has 3 nitrogen and oxygen atoms in total. The Hall–Kier alpha value is -2.33. The lowest BCUT2D eigenvalue weighted by atomic mass is 10.2. The van der Waals surface area contributed by atoms with Crippen LogP contribution >= 0.6 is 11.6 Å². The number of hydrogen-bond donors (Lipinski definition) is 1. The van der Waals surface area contributed by atoms with Crippen LogP contribution in [0.4, 0.5) is 10.1 Å². The van der Waals surface area contributed by atoms with E-state index in [-0.39, 0.29) is 5.82 Å². The topological polar surface area (TPSA) is 29.9 Å². The zero-order chi connectivity index (χ0) is 14.7. The molecule has 3 rings (SSSR count). The van der Waals surface area contributed by atoms with Crippen LogP contribution in [0.3, 0.4) is 0 Å². The van der Waals surface area contributed by atoms with Crippen LogP contribution in [0.2, 0.25) is 5.02 Å². The van der Waals surface area contributed by atoms with E-state index >= 15 is 0 Å². The van der Waals surface area contributed by atoms with Gasteiger partial charge in [-0.15, -0.1) is 0 Å². The van der Waals surface area contributed by atoms with E-state index < -0.39 is 0 Å². The van der Waals surface area contributed by atoms with Gasteiger partial charge in [-0.3, -0.25) is 0 Å². The molecule has 0 aliphatic carbocycles. The zero-order valence-electron chi connectivity index (χ0n) is 11.1. The number of hydrogen-bond acceptors (Lipinski definition) is 2. The molecule has 5 heteroatoms. The molecule has 1 aromatic heterocycles. The van der Waals surface area contributed by atoms with Crippen molar-refractivity contribution < 1.29 is 4.39 Å². The number of benzene rings is 2. The Balaban J connectivity index is 1.75. The summed E-state index contributed by atoms with van der Waals surface area (Å²) in [7, 11) is 0. The number of halogens is 2. The molecule has 0 unspecified atom stereocenters. The molecule has 3 aromatic rings. The fourth-order valence-electron chi connectivity index (χ4n) is 2.04. The van der Waals surface area contributed by atoms with E-state index in [0.29, 0.717) is 11.6 Å². The van der Waals surface area contributed by atoms with E-state index in [1.54, 1.807) is 16.9 Å². The smallest absolute Gasteiger partial charge is 0.124 e. The minimum Gasteiger partial charge on any atom is -0.381 e. The molecule has 0 radical (unpaired) electrons. The van der Waals surface area contributed by atoms with E-state index in [4.69, 9.17) is 11.6 Å². The van der Waals surface area contributed by atoms with Crippen LogP contribution in [-0.2, 0) is 6.54 Å².